The van der Waals surface area contributed by atoms with Crippen molar-refractivity contribution in [3.05, 3.63) is 23.8 Å². The summed E-state index contributed by atoms with van der Waals surface area (Å²) in [5, 5.41) is 12.0. The van der Waals surface area contributed by atoms with Crippen LogP contribution < -0.4 is 15.8 Å². The lowest BCUT2D eigenvalue weighted by atomic mass is 10.0. The van der Waals surface area contributed by atoms with Crippen molar-refractivity contribution in [2.75, 3.05) is 7.11 Å². The lowest BCUT2D eigenvalue weighted by Gasteiger charge is -2.22. The maximum Gasteiger partial charge on any atom is 0.252 e. The van der Waals surface area contributed by atoms with E-state index in [2.05, 4.69) is 5.32 Å². The molecule has 1 aromatic carbocycles. The molecule has 0 heterocycles. The third-order valence-corrected chi connectivity index (χ3v) is 2.48. The zero-order valence-electron chi connectivity index (χ0n) is 10.5. The van der Waals surface area contributed by atoms with Crippen LogP contribution in [-0.4, -0.2) is 29.6 Å². The Hall–Kier alpha value is -2.24. The highest BCUT2D eigenvalue weighted by Gasteiger charge is 2.27. The number of hydrogen-bond acceptors (Lipinski definition) is 4. The highest BCUT2D eigenvalue weighted by atomic mass is 16.5. The van der Waals surface area contributed by atoms with Gasteiger partial charge >= 0.3 is 0 Å². The number of nitrogens with one attached hydrogen (secondary N) is 1. The molecule has 0 saturated carbocycles. The molecule has 0 fully saturated rings. The molecule has 0 unspecified atom stereocenters. The minimum absolute atomic E-state index is 0.151. The molecule has 0 saturated heterocycles. The van der Waals surface area contributed by atoms with Crippen molar-refractivity contribution >= 4 is 11.8 Å². The molecule has 0 bridgehead atoms. The van der Waals surface area contributed by atoms with Crippen LogP contribution >= 0.6 is 0 Å². The van der Waals surface area contributed by atoms with E-state index in [4.69, 9.17) is 10.5 Å². The number of benzene rings is 1. The Bertz CT molecular complexity index is 483. The van der Waals surface area contributed by atoms with Gasteiger partial charge in [0.25, 0.3) is 5.91 Å². The number of phenols is 1. The van der Waals surface area contributed by atoms with E-state index in [0.29, 0.717) is 0 Å². The van der Waals surface area contributed by atoms with Crippen LogP contribution in [0.3, 0.4) is 0 Å². The number of primary amides is 1. The van der Waals surface area contributed by atoms with Crippen molar-refractivity contribution < 1.29 is 19.4 Å². The number of amides is 2. The Morgan fingerprint density at radius 1 is 1.39 bits per heavy atom. The van der Waals surface area contributed by atoms with Crippen molar-refractivity contribution in [2.45, 2.75) is 19.4 Å². The average Bonchev–Trinajstić information content (AvgIpc) is 2.28. The zero-order valence-corrected chi connectivity index (χ0v) is 10.5. The van der Waals surface area contributed by atoms with E-state index < -0.39 is 17.4 Å². The molecular weight excluding hydrogens is 236 g/mol. The summed E-state index contributed by atoms with van der Waals surface area (Å²) >= 11 is 0. The maximum atomic E-state index is 11.8. The standard InChI is InChI=1S/C12H16N2O4/c1-12(2,11(13)17)14-10(16)7-4-5-9(18-3)8(15)6-7/h4-6,15H,1-3H3,(H2,13,17)(H,14,16). The van der Waals surface area contributed by atoms with Gasteiger partial charge in [-0.1, -0.05) is 0 Å². The van der Waals surface area contributed by atoms with Crippen LogP contribution in [0.2, 0.25) is 0 Å². The molecule has 0 aliphatic rings. The second-order valence-corrected chi connectivity index (χ2v) is 4.33. The van der Waals surface area contributed by atoms with Crippen LogP contribution in [0.1, 0.15) is 24.2 Å². The van der Waals surface area contributed by atoms with Crippen molar-refractivity contribution in [1.82, 2.24) is 5.32 Å². The molecule has 1 rings (SSSR count). The van der Waals surface area contributed by atoms with Crippen molar-refractivity contribution in [3.8, 4) is 11.5 Å². The Morgan fingerprint density at radius 3 is 2.44 bits per heavy atom. The number of carbonyl (C=O) groups excluding carboxylic acids is 2. The molecule has 0 atom stereocenters. The topological polar surface area (TPSA) is 102 Å². The predicted molar refractivity (Wildman–Crippen MR) is 65.4 cm³/mol. The van der Waals surface area contributed by atoms with Crippen LogP contribution in [0, 0.1) is 0 Å². The molecule has 0 aromatic heterocycles. The van der Waals surface area contributed by atoms with E-state index >= 15 is 0 Å². The molecule has 0 radical (unpaired) electrons. The van der Waals surface area contributed by atoms with Crippen LogP contribution in [0.5, 0.6) is 11.5 Å². The minimum Gasteiger partial charge on any atom is -0.504 e. The van der Waals surface area contributed by atoms with Gasteiger partial charge in [0.2, 0.25) is 5.91 Å². The quantitative estimate of drug-likeness (QED) is 0.721. The Morgan fingerprint density at radius 2 is 2.00 bits per heavy atom. The van der Waals surface area contributed by atoms with Crippen molar-refractivity contribution in [2.24, 2.45) is 5.73 Å². The van der Waals surface area contributed by atoms with Gasteiger partial charge in [0, 0.05) is 5.56 Å². The number of phenolic OH excluding ortho intramolecular Hbond substituents is 1. The van der Waals surface area contributed by atoms with Crippen LogP contribution in [0.4, 0.5) is 0 Å². The minimum atomic E-state index is -1.16. The fraction of sp³-hybridized carbons (Fsp3) is 0.333. The summed E-state index contributed by atoms with van der Waals surface area (Å²) in [4.78, 5) is 22.9. The summed E-state index contributed by atoms with van der Waals surface area (Å²) in [6.07, 6.45) is 0. The first-order chi connectivity index (χ1) is 8.27. The van der Waals surface area contributed by atoms with Gasteiger partial charge in [-0.2, -0.15) is 0 Å². The second-order valence-electron chi connectivity index (χ2n) is 4.33. The smallest absolute Gasteiger partial charge is 0.252 e. The van der Waals surface area contributed by atoms with Crippen LogP contribution in [0.25, 0.3) is 0 Å². The van der Waals surface area contributed by atoms with E-state index in [1.165, 1.54) is 39.2 Å². The summed E-state index contributed by atoms with van der Waals surface area (Å²) in [5.74, 6) is -1.03. The molecular formula is C12H16N2O4. The SMILES string of the molecule is COc1ccc(C(=O)NC(C)(C)C(N)=O)cc1O. The first-order valence-corrected chi connectivity index (χ1v) is 5.27. The number of rotatable bonds is 4. The van der Waals surface area contributed by atoms with E-state index in [0.717, 1.165) is 0 Å². The predicted octanol–water partition coefficient (Wildman–Crippen LogP) is 0.395. The second kappa shape index (κ2) is 4.95. The molecule has 6 nitrogen and oxygen atoms in total. The maximum absolute atomic E-state index is 11.8. The van der Waals surface area contributed by atoms with Gasteiger partial charge < -0.3 is 20.9 Å². The number of methoxy groups -OCH3 is 1. The molecule has 0 aliphatic heterocycles. The van der Waals surface area contributed by atoms with Crippen LogP contribution in [0.15, 0.2) is 18.2 Å². The summed E-state index contributed by atoms with van der Waals surface area (Å²) in [7, 11) is 1.41. The first kappa shape index (κ1) is 13.8. The van der Waals surface area contributed by atoms with E-state index in [-0.39, 0.29) is 17.1 Å². The molecule has 18 heavy (non-hydrogen) atoms. The van der Waals surface area contributed by atoms with Gasteiger partial charge in [0.15, 0.2) is 11.5 Å². The summed E-state index contributed by atoms with van der Waals surface area (Å²) in [6.45, 7) is 2.99. The number of hydrogen-bond donors (Lipinski definition) is 3. The number of carbonyl (C=O) groups is 2. The van der Waals surface area contributed by atoms with E-state index in [1.54, 1.807) is 0 Å². The normalized spacial score (nSPS) is 10.8. The number of nitrogens with two attached hydrogens (primary N) is 1. The fourth-order valence-corrected chi connectivity index (χ4v) is 1.25. The van der Waals surface area contributed by atoms with Gasteiger partial charge in [-0.3, -0.25) is 9.59 Å². The van der Waals surface area contributed by atoms with Gasteiger partial charge in [0.1, 0.15) is 5.54 Å². The monoisotopic (exact) mass is 252 g/mol. The third kappa shape index (κ3) is 2.91. The Kier molecular flexibility index (Phi) is 3.80. The first-order valence-electron chi connectivity index (χ1n) is 5.27. The Labute approximate surface area is 105 Å². The molecule has 1 aromatic rings. The van der Waals surface area contributed by atoms with Crippen LogP contribution in [-0.2, 0) is 4.79 Å². The van der Waals surface area contributed by atoms with Gasteiger partial charge in [-0.25, -0.2) is 0 Å². The molecule has 2 amide bonds. The van der Waals surface area contributed by atoms with Gasteiger partial charge in [0.05, 0.1) is 7.11 Å². The molecule has 0 spiro atoms. The van der Waals surface area contributed by atoms with E-state index in [1.807, 2.05) is 0 Å². The highest BCUT2D eigenvalue weighted by molar-refractivity contribution is 5.99. The highest BCUT2D eigenvalue weighted by Crippen LogP contribution is 2.26. The van der Waals surface area contributed by atoms with Crippen molar-refractivity contribution in [3.63, 3.8) is 0 Å². The number of ether oxygens (including phenoxy) is 1. The third-order valence-electron chi connectivity index (χ3n) is 2.48. The molecule has 6 heteroatoms. The van der Waals surface area contributed by atoms with Gasteiger partial charge in [-0.05, 0) is 32.0 Å². The Balaban J connectivity index is 2.92. The average molecular weight is 252 g/mol. The van der Waals surface area contributed by atoms with E-state index in [9.17, 15) is 14.7 Å². The summed E-state index contributed by atoms with van der Waals surface area (Å²) in [5.41, 5.74) is 4.20. The van der Waals surface area contributed by atoms with Crippen molar-refractivity contribution in [1.29, 1.82) is 0 Å². The largest absolute Gasteiger partial charge is 0.504 e. The summed E-state index contributed by atoms with van der Waals surface area (Å²) < 4.78 is 4.86. The zero-order chi connectivity index (χ0) is 13.9. The van der Waals surface area contributed by atoms with Gasteiger partial charge in [-0.15, -0.1) is 0 Å². The lowest BCUT2D eigenvalue weighted by molar-refractivity contribution is -0.122. The molecule has 98 valence electrons. The summed E-state index contributed by atoms with van der Waals surface area (Å²) in [6, 6.07) is 4.19. The molecule has 4 N–H and O–H groups in total. The lowest BCUT2D eigenvalue weighted by Crippen LogP contribution is -2.52. The number of aromatic hydroxyl groups is 1. The molecule has 0 aliphatic carbocycles. The fourth-order valence-electron chi connectivity index (χ4n) is 1.25.